The number of nitrogens with zero attached hydrogens (tertiary/aromatic N) is 4. The highest BCUT2D eigenvalue weighted by atomic mass is 16.5. The maximum atomic E-state index is 8.89. The molecule has 80 valence electrons. The highest BCUT2D eigenvalue weighted by molar-refractivity contribution is 5.52. The zero-order valence-corrected chi connectivity index (χ0v) is 8.64. The SMILES string of the molecule is Cc1ccc(C#N)c(NCc2ncon2)n1. The second kappa shape index (κ2) is 4.40. The fourth-order valence-electron chi connectivity index (χ4n) is 1.21. The van der Waals surface area contributed by atoms with Crippen LogP contribution in [0, 0.1) is 18.3 Å². The molecule has 0 saturated carbocycles. The number of hydrogen-bond acceptors (Lipinski definition) is 6. The zero-order valence-electron chi connectivity index (χ0n) is 8.64. The van der Waals surface area contributed by atoms with E-state index in [9.17, 15) is 0 Å². The quantitative estimate of drug-likeness (QED) is 0.829. The summed E-state index contributed by atoms with van der Waals surface area (Å²) < 4.78 is 4.60. The first-order valence-electron chi connectivity index (χ1n) is 4.66. The number of rotatable bonds is 3. The van der Waals surface area contributed by atoms with Crippen LogP contribution in [0.3, 0.4) is 0 Å². The maximum absolute atomic E-state index is 8.89. The molecule has 0 saturated heterocycles. The summed E-state index contributed by atoms with van der Waals surface area (Å²) in [5, 5.41) is 15.5. The maximum Gasteiger partial charge on any atom is 0.213 e. The Kier molecular flexibility index (Phi) is 2.78. The molecule has 0 unspecified atom stereocenters. The van der Waals surface area contributed by atoms with Gasteiger partial charge in [0, 0.05) is 5.69 Å². The van der Waals surface area contributed by atoms with E-state index in [1.54, 1.807) is 12.1 Å². The summed E-state index contributed by atoms with van der Waals surface area (Å²) in [7, 11) is 0. The van der Waals surface area contributed by atoms with Crippen molar-refractivity contribution in [1.82, 2.24) is 15.1 Å². The lowest BCUT2D eigenvalue weighted by Gasteiger charge is -2.05. The minimum atomic E-state index is 0.377. The molecule has 2 heterocycles. The van der Waals surface area contributed by atoms with Gasteiger partial charge in [-0.1, -0.05) is 5.16 Å². The van der Waals surface area contributed by atoms with E-state index < -0.39 is 0 Å². The van der Waals surface area contributed by atoms with Crippen LogP contribution in [-0.2, 0) is 6.54 Å². The number of hydrogen-bond donors (Lipinski definition) is 1. The van der Waals surface area contributed by atoms with Crippen LogP contribution in [0.5, 0.6) is 0 Å². The molecule has 0 aliphatic rings. The van der Waals surface area contributed by atoms with E-state index in [2.05, 4.69) is 31.0 Å². The van der Waals surface area contributed by atoms with Crippen LogP contribution in [0.4, 0.5) is 5.82 Å². The Labute approximate surface area is 91.9 Å². The predicted molar refractivity (Wildman–Crippen MR) is 55.3 cm³/mol. The minimum absolute atomic E-state index is 0.377. The predicted octanol–water partition coefficient (Wildman–Crippen LogP) is 1.26. The molecule has 0 radical (unpaired) electrons. The van der Waals surface area contributed by atoms with E-state index in [1.807, 2.05) is 6.92 Å². The van der Waals surface area contributed by atoms with Crippen molar-refractivity contribution >= 4 is 5.82 Å². The van der Waals surface area contributed by atoms with Crippen molar-refractivity contribution in [3.63, 3.8) is 0 Å². The molecule has 0 spiro atoms. The Morgan fingerprint density at radius 3 is 3.06 bits per heavy atom. The fraction of sp³-hybridized carbons (Fsp3) is 0.200. The Hall–Kier alpha value is -2.42. The molecule has 6 nitrogen and oxygen atoms in total. The Morgan fingerprint density at radius 1 is 1.50 bits per heavy atom. The van der Waals surface area contributed by atoms with Gasteiger partial charge in [-0.05, 0) is 19.1 Å². The molecule has 0 fully saturated rings. The molecule has 0 aliphatic carbocycles. The van der Waals surface area contributed by atoms with Crippen molar-refractivity contribution in [3.8, 4) is 6.07 Å². The third kappa shape index (κ3) is 2.15. The summed E-state index contributed by atoms with van der Waals surface area (Å²) in [4.78, 5) is 8.08. The highest BCUT2D eigenvalue weighted by Crippen LogP contribution is 2.12. The van der Waals surface area contributed by atoms with Gasteiger partial charge in [0.15, 0.2) is 5.82 Å². The first-order chi connectivity index (χ1) is 7.79. The van der Waals surface area contributed by atoms with E-state index in [0.717, 1.165) is 5.69 Å². The van der Waals surface area contributed by atoms with Crippen molar-refractivity contribution in [2.24, 2.45) is 0 Å². The highest BCUT2D eigenvalue weighted by Gasteiger charge is 2.05. The molecule has 0 bridgehead atoms. The van der Waals surface area contributed by atoms with Gasteiger partial charge in [-0.15, -0.1) is 0 Å². The standard InChI is InChI=1S/C10H9N5O/c1-7-2-3-8(4-11)10(14-7)12-5-9-13-6-16-15-9/h2-3,6H,5H2,1H3,(H,12,14). The van der Waals surface area contributed by atoms with E-state index >= 15 is 0 Å². The molecule has 0 aliphatic heterocycles. The molecule has 1 N–H and O–H groups in total. The number of aromatic nitrogens is 3. The number of aryl methyl sites for hydroxylation is 1. The van der Waals surface area contributed by atoms with Gasteiger partial charge in [-0.2, -0.15) is 10.2 Å². The van der Waals surface area contributed by atoms with Crippen molar-refractivity contribution in [3.05, 3.63) is 35.6 Å². The van der Waals surface area contributed by atoms with Gasteiger partial charge in [0.05, 0.1) is 12.1 Å². The molecular weight excluding hydrogens is 206 g/mol. The molecule has 0 amide bonds. The third-order valence-electron chi connectivity index (χ3n) is 1.98. The summed E-state index contributed by atoms with van der Waals surface area (Å²) in [6, 6.07) is 5.58. The number of pyridine rings is 1. The Bertz CT molecular complexity index is 515. The van der Waals surface area contributed by atoms with Gasteiger partial charge < -0.3 is 9.84 Å². The molecule has 2 aromatic rings. The second-order valence-corrected chi connectivity index (χ2v) is 3.16. The van der Waals surface area contributed by atoms with E-state index in [-0.39, 0.29) is 0 Å². The lowest BCUT2D eigenvalue weighted by Crippen LogP contribution is -2.05. The zero-order chi connectivity index (χ0) is 11.4. The van der Waals surface area contributed by atoms with Crippen LogP contribution in [0.25, 0.3) is 0 Å². The molecule has 2 aromatic heterocycles. The average Bonchev–Trinajstić information content (AvgIpc) is 2.79. The summed E-state index contributed by atoms with van der Waals surface area (Å²) in [5.41, 5.74) is 1.34. The smallest absolute Gasteiger partial charge is 0.213 e. The third-order valence-corrected chi connectivity index (χ3v) is 1.98. The lowest BCUT2D eigenvalue weighted by atomic mass is 10.2. The molecule has 16 heavy (non-hydrogen) atoms. The lowest BCUT2D eigenvalue weighted by molar-refractivity contribution is 0.411. The van der Waals surface area contributed by atoms with E-state index in [0.29, 0.717) is 23.8 Å². The van der Waals surface area contributed by atoms with Gasteiger partial charge in [0.25, 0.3) is 0 Å². The topological polar surface area (TPSA) is 87.6 Å². The van der Waals surface area contributed by atoms with Crippen LogP contribution in [0.2, 0.25) is 0 Å². The van der Waals surface area contributed by atoms with Crippen LogP contribution >= 0.6 is 0 Å². The van der Waals surface area contributed by atoms with Crippen LogP contribution in [0.1, 0.15) is 17.1 Å². The van der Waals surface area contributed by atoms with Crippen molar-refractivity contribution < 1.29 is 4.52 Å². The summed E-state index contributed by atoms with van der Waals surface area (Å²) >= 11 is 0. The first-order valence-corrected chi connectivity index (χ1v) is 4.66. The van der Waals surface area contributed by atoms with Crippen molar-refractivity contribution in [1.29, 1.82) is 5.26 Å². The largest absolute Gasteiger partial charge is 0.362 e. The van der Waals surface area contributed by atoms with Crippen LogP contribution < -0.4 is 5.32 Å². The Balaban J connectivity index is 2.15. The van der Waals surface area contributed by atoms with Crippen LogP contribution in [-0.4, -0.2) is 15.1 Å². The van der Waals surface area contributed by atoms with Gasteiger partial charge in [-0.3, -0.25) is 0 Å². The summed E-state index contributed by atoms with van der Waals surface area (Å²) in [5.74, 6) is 1.06. The van der Waals surface area contributed by atoms with Gasteiger partial charge in [0.2, 0.25) is 6.39 Å². The molecular formula is C10H9N5O. The van der Waals surface area contributed by atoms with E-state index in [4.69, 9.17) is 5.26 Å². The number of nitriles is 1. The van der Waals surface area contributed by atoms with Gasteiger partial charge in [-0.25, -0.2) is 4.98 Å². The monoisotopic (exact) mass is 215 g/mol. The van der Waals surface area contributed by atoms with Crippen LogP contribution in [0.15, 0.2) is 23.0 Å². The molecule has 0 atom stereocenters. The Morgan fingerprint density at radius 2 is 2.38 bits per heavy atom. The average molecular weight is 215 g/mol. The van der Waals surface area contributed by atoms with Crippen molar-refractivity contribution in [2.75, 3.05) is 5.32 Å². The second-order valence-electron chi connectivity index (χ2n) is 3.16. The van der Waals surface area contributed by atoms with Crippen molar-refractivity contribution in [2.45, 2.75) is 13.5 Å². The van der Waals surface area contributed by atoms with E-state index in [1.165, 1.54) is 6.39 Å². The van der Waals surface area contributed by atoms with Gasteiger partial charge in [0.1, 0.15) is 11.9 Å². The molecule has 6 heteroatoms. The summed E-state index contributed by atoms with van der Waals surface area (Å²) in [6.07, 6.45) is 1.26. The fourth-order valence-corrected chi connectivity index (χ4v) is 1.21. The normalized spacial score (nSPS) is 9.75. The molecule has 0 aromatic carbocycles. The molecule has 2 rings (SSSR count). The van der Waals surface area contributed by atoms with Gasteiger partial charge >= 0.3 is 0 Å². The number of anilines is 1. The first kappa shape index (κ1) is 10.1. The summed E-state index contributed by atoms with van der Waals surface area (Å²) in [6.45, 7) is 2.24. The number of nitrogens with one attached hydrogen (secondary N) is 1. The minimum Gasteiger partial charge on any atom is -0.362 e.